The smallest absolute Gasteiger partial charge is 0.231 e. The van der Waals surface area contributed by atoms with Gasteiger partial charge in [0.05, 0.1) is 6.10 Å². The molecule has 1 aromatic rings. The van der Waals surface area contributed by atoms with Crippen molar-refractivity contribution in [1.82, 2.24) is 15.0 Å². The van der Waals surface area contributed by atoms with E-state index in [1.807, 2.05) is 13.8 Å². The van der Waals surface area contributed by atoms with Gasteiger partial charge in [-0.25, -0.2) is 0 Å². The van der Waals surface area contributed by atoms with Gasteiger partial charge in [0.25, 0.3) is 0 Å². The predicted molar refractivity (Wildman–Crippen MR) is 84.8 cm³/mol. The Kier molecular flexibility index (Phi) is 5.55. The molecule has 1 saturated heterocycles. The summed E-state index contributed by atoms with van der Waals surface area (Å²) in [6, 6.07) is 0. The van der Waals surface area contributed by atoms with E-state index in [9.17, 15) is 5.11 Å². The molecule has 0 spiro atoms. The molecule has 21 heavy (non-hydrogen) atoms. The molecule has 1 unspecified atom stereocenters. The quantitative estimate of drug-likeness (QED) is 0.729. The lowest BCUT2D eigenvalue weighted by atomic mass is 10.1. The van der Waals surface area contributed by atoms with Crippen LogP contribution in [0.3, 0.4) is 0 Å². The van der Waals surface area contributed by atoms with Gasteiger partial charge in [-0.1, -0.05) is 13.8 Å². The molecule has 2 rings (SSSR count). The second-order valence-corrected chi connectivity index (χ2v) is 5.77. The largest absolute Gasteiger partial charge is 0.391 e. The van der Waals surface area contributed by atoms with Crippen molar-refractivity contribution in [3.05, 3.63) is 0 Å². The third-order valence-corrected chi connectivity index (χ3v) is 3.72. The Morgan fingerprint density at radius 2 is 1.76 bits per heavy atom. The average Bonchev–Trinajstić information content (AvgIpc) is 2.52. The molecule has 0 saturated carbocycles. The van der Waals surface area contributed by atoms with Crippen molar-refractivity contribution in [2.24, 2.45) is 5.92 Å². The number of hydrogen-bond acceptors (Lipinski definition) is 7. The van der Waals surface area contributed by atoms with Gasteiger partial charge < -0.3 is 20.6 Å². The molecule has 0 radical (unpaired) electrons. The fourth-order valence-corrected chi connectivity index (χ4v) is 2.22. The van der Waals surface area contributed by atoms with Gasteiger partial charge in [-0.2, -0.15) is 15.0 Å². The van der Waals surface area contributed by atoms with E-state index in [0.29, 0.717) is 24.4 Å². The second kappa shape index (κ2) is 7.40. The molecule has 0 bridgehead atoms. The number of anilines is 3. The van der Waals surface area contributed by atoms with E-state index in [4.69, 9.17) is 0 Å². The van der Waals surface area contributed by atoms with Gasteiger partial charge in [0.15, 0.2) is 0 Å². The van der Waals surface area contributed by atoms with Gasteiger partial charge in [-0.3, -0.25) is 0 Å². The molecular formula is C14H26N6O. The Morgan fingerprint density at radius 3 is 2.38 bits per heavy atom. The first-order valence-corrected chi connectivity index (χ1v) is 7.71. The first-order valence-electron chi connectivity index (χ1n) is 7.71. The van der Waals surface area contributed by atoms with Crippen LogP contribution >= 0.6 is 0 Å². The van der Waals surface area contributed by atoms with Gasteiger partial charge in [-0.15, -0.1) is 0 Å². The number of nitrogens with one attached hydrogen (secondary N) is 2. The molecule has 1 aliphatic heterocycles. The molecule has 7 heteroatoms. The van der Waals surface area contributed by atoms with Crippen molar-refractivity contribution in [3.63, 3.8) is 0 Å². The monoisotopic (exact) mass is 294 g/mol. The summed E-state index contributed by atoms with van der Waals surface area (Å²) >= 11 is 0. The zero-order valence-corrected chi connectivity index (χ0v) is 13.1. The summed E-state index contributed by atoms with van der Waals surface area (Å²) in [6.07, 6.45) is 3.20. The van der Waals surface area contributed by atoms with Crippen molar-refractivity contribution in [1.29, 1.82) is 0 Å². The van der Waals surface area contributed by atoms with E-state index in [2.05, 4.69) is 30.5 Å². The van der Waals surface area contributed by atoms with E-state index < -0.39 is 6.10 Å². The van der Waals surface area contributed by atoms with Crippen LogP contribution in [0.25, 0.3) is 0 Å². The second-order valence-electron chi connectivity index (χ2n) is 5.77. The molecular weight excluding hydrogens is 268 g/mol. The fourth-order valence-electron chi connectivity index (χ4n) is 2.22. The summed E-state index contributed by atoms with van der Waals surface area (Å²) < 4.78 is 0. The maximum Gasteiger partial charge on any atom is 0.231 e. The highest BCUT2D eigenvalue weighted by Crippen LogP contribution is 2.18. The maximum atomic E-state index is 9.87. The van der Waals surface area contributed by atoms with Crippen molar-refractivity contribution < 1.29 is 5.11 Å². The number of nitrogens with zero attached hydrogens (tertiary/aromatic N) is 4. The Balaban J connectivity index is 2.09. The lowest BCUT2D eigenvalue weighted by molar-refractivity contribution is 0.137. The van der Waals surface area contributed by atoms with Gasteiger partial charge in [-0.05, 0) is 25.2 Å². The fraction of sp³-hybridized carbons (Fsp3) is 0.786. The topological polar surface area (TPSA) is 86.2 Å². The molecule has 1 aliphatic rings. The van der Waals surface area contributed by atoms with Crippen LogP contribution in [0.5, 0.6) is 0 Å². The molecule has 1 fully saturated rings. The number of aliphatic hydroxyl groups excluding tert-OH is 1. The summed E-state index contributed by atoms with van der Waals surface area (Å²) in [5.41, 5.74) is 0. The lowest BCUT2D eigenvalue weighted by Crippen LogP contribution is -2.32. The van der Waals surface area contributed by atoms with Crippen LogP contribution in [0.4, 0.5) is 17.8 Å². The molecule has 0 aromatic carbocycles. The molecule has 3 N–H and O–H groups in total. The highest BCUT2D eigenvalue weighted by molar-refractivity contribution is 5.43. The lowest BCUT2D eigenvalue weighted by Gasteiger charge is -2.27. The van der Waals surface area contributed by atoms with Crippen molar-refractivity contribution in [2.75, 3.05) is 42.2 Å². The first-order chi connectivity index (χ1) is 10.1. The van der Waals surface area contributed by atoms with Gasteiger partial charge in [0.1, 0.15) is 0 Å². The SMILES string of the molecule is CNc1nc(NCC(O)C(C)C)nc(N2CCCCC2)n1. The van der Waals surface area contributed by atoms with Gasteiger partial charge >= 0.3 is 0 Å². The minimum absolute atomic E-state index is 0.199. The van der Waals surface area contributed by atoms with Crippen LogP contribution in [0, 0.1) is 5.92 Å². The third-order valence-electron chi connectivity index (χ3n) is 3.72. The average molecular weight is 294 g/mol. The van der Waals surface area contributed by atoms with E-state index in [0.717, 1.165) is 13.1 Å². The number of hydrogen-bond donors (Lipinski definition) is 3. The minimum atomic E-state index is -0.418. The van der Waals surface area contributed by atoms with Crippen molar-refractivity contribution in [3.8, 4) is 0 Å². The van der Waals surface area contributed by atoms with Crippen LogP contribution in [0.15, 0.2) is 0 Å². The van der Waals surface area contributed by atoms with Crippen LogP contribution in [-0.4, -0.2) is 52.8 Å². The number of rotatable bonds is 6. The van der Waals surface area contributed by atoms with Gasteiger partial charge in [0, 0.05) is 26.7 Å². The Bertz CT molecular complexity index is 447. The summed E-state index contributed by atoms with van der Waals surface area (Å²) in [5, 5.41) is 15.9. The van der Waals surface area contributed by atoms with Crippen LogP contribution < -0.4 is 15.5 Å². The van der Waals surface area contributed by atoms with Crippen LogP contribution in [0.1, 0.15) is 33.1 Å². The molecule has 1 atom stereocenters. The van der Waals surface area contributed by atoms with Crippen molar-refractivity contribution in [2.45, 2.75) is 39.2 Å². The van der Waals surface area contributed by atoms with E-state index in [1.165, 1.54) is 19.3 Å². The van der Waals surface area contributed by atoms with E-state index in [1.54, 1.807) is 7.05 Å². The van der Waals surface area contributed by atoms with Crippen molar-refractivity contribution >= 4 is 17.8 Å². The highest BCUT2D eigenvalue weighted by atomic mass is 16.3. The Morgan fingerprint density at radius 1 is 1.10 bits per heavy atom. The Labute approximate surface area is 126 Å². The summed E-state index contributed by atoms with van der Waals surface area (Å²) in [4.78, 5) is 15.4. The van der Waals surface area contributed by atoms with E-state index >= 15 is 0 Å². The first kappa shape index (κ1) is 15.8. The standard InChI is InChI=1S/C14H26N6O/c1-10(2)11(21)9-16-13-17-12(15-3)18-14(19-13)20-7-5-4-6-8-20/h10-11,21H,4-9H2,1-3H3,(H2,15,16,17,18,19). The molecule has 1 aromatic heterocycles. The number of piperidine rings is 1. The highest BCUT2D eigenvalue weighted by Gasteiger charge is 2.16. The van der Waals surface area contributed by atoms with E-state index in [-0.39, 0.29) is 5.92 Å². The molecule has 0 aliphatic carbocycles. The zero-order valence-electron chi connectivity index (χ0n) is 13.1. The normalized spacial score (nSPS) is 16.9. The summed E-state index contributed by atoms with van der Waals surface area (Å²) in [6.45, 7) is 6.38. The maximum absolute atomic E-state index is 9.87. The Hall–Kier alpha value is -1.63. The molecule has 2 heterocycles. The summed E-state index contributed by atoms with van der Waals surface area (Å²) in [5.74, 6) is 1.96. The van der Waals surface area contributed by atoms with Crippen LogP contribution in [0.2, 0.25) is 0 Å². The number of aromatic nitrogens is 3. The predicted octanol–water partition coefficient (Wildman–Crippen LogP) is 1.33. The summed E-state index contributed by atoms with van der Waals surface area (Å²) in [7, 11) is 1.79. The van der Waals surface area contributed by atoms with Crippen LogP contribution in [-0.2, 0) is 0 Å². The molecule has 0 amide bonds. The third kappa shape index (κ3) is 4.42. The van der Waals surface area contributed by atoms with Gasteiger partial charge in [0.2, 0.25) is 17.8 Å². The number of aliphatic hydroxyl groups is 1. The molecule has 118 valence electrons. The zero-order chi connectivity index (χ0) is 15.2. The molecule has 7 nitrogen and oxygen atoms in total. The minimum Gasteiger partial charge on any atom is -0.391 e.